The van der Waals surface area contributed by atoms with Gasteiger partial charge in [0.2, 0.25) is 5.95 Å². The van der Waals surface area contributed by atoms with Crippen molar-refractivity contribution in [1.82, 2.24) is 25.2 Å². The molecule has 0 spiro atoms. The van der Waals surface area contributed by atoms with Gasteiger partial charge in [-0.25, -0.2) is 9.97 Å². The fraction of sp³-hybridized carbons (Fsp3) is 0.391. The van der Waals surface area contributed by atoms with Gasteiger partial charge in [-0.05, 0) is 50.1 Å². The Hall–Kier alpha value is -3.33. The van der Waals surface area contributed by atoms with Crippen LogP contribution in [0.1, 0.15) is 34.2 Å². The van der Waals surface area contributed by atoms with E-state index in [1.807, 2.05) is 17.9 Å². The molecule has 32 heavy (non-hydrogen) atoms. The van der Waals surface area contributed by atoms with Gasteiger partial charge < -0.3 is 15.2 Å². The molecule has 9 heteroatoms. The van der Waals surface area contributed by atoms with Gasteiger partial charge in [0.25, 0.3) is 11.5 Å². The van der Waals surface area contributed by atoms with E-state index < -0.39 is 5.95 Å². The first-order valence-corrected chi connectivity index (χ1v) is 10.8. The molecule has 0 bridgehead atoms. The van der Waals surface area contributed by atoms with Crippen molar-refractivity contribution in [2.45, 2.75) is 27.3 Å². The van der Waals surface area contributed by atoms with Crippen LogP contribution in [0.25, 0.3) is 11.0 Å². The average molecular weight is 439 g/mol. The molecule has 3 aromatic rings. The second-order valence-electron chi connectivity index (χ2n) is 8.02. The van der Waals surface area contributed by atoms with Crippen molar-refractivity contribution in [2.75, 3.05) is 37.6 Å². The molecule has 1 aromatic carbocycles. The predicted octanol–water partition coefficient (Wildman–Crippen LogP) is 2.15. The molecule has 1 fully saturated rings. The number of benzene rings is 1. The molecule has 0 aliphatic carbocycles. The Balaban J connectivity index is 1.43. The van der Waals surface area contributed by atoms with Crippen LogP contribution in [-0.4, -0.2) is 58.5 Å². The van der Waals surface area contributed by atoms with Gasteiger partial charge in [0.15, 0.2) is 0 Å². The second-order valence-corrected chi connectivity index (χ2v) is 8.02. The summed E-state index contributed by atoms with van der Waals surface area (Å²) in [5.41, 5.74) is 4.50. The summed E-state index contributed by atoms with van der Waals surface area (Å²) >= 11 is 0. The zero-order valence-electron chi connectivity index (χ0n) is 18.5. The maximum atomic E-state index is 14.6. The van der Waals surface area contributed by atoms with E-state index in [4.69, 9.17) is 0 Å². The van der Waals surface area contributed by atoms with Crippen molar-refractivity contribution in [1.29, 1.82) is 0 Å². The lowest BCUT2D eigenvalue weighted by molar-refractivity contribution is 0.0949. The minimum atomic E-state index is -0.626. The molecule has 4 rings (SSSR count). The second kappa shape index (κ2) is 9.04. The fourth-order valence-electron chi connectivity index (χ4n) is 4.03. The van der Waals surface area contributed by atoms with Gasteiger partial charge in [-0.15, -0.1) is 0 Å². The minimum Gasteiger partial charge on any atom is -0.365 e. The summed E-state index contributed by atoms with van der Waals surface area (Å²) < 4.78 is 14.6. The third-order valence-corrected chi connectivity index (χ3v) is 5.92. The predicted molar refractivity (Wildman–Crippen MR) is 122 cm³/mol. The van der Waals surface area contributed by atoms with Crippen LogP contribution in [-0.2, 0) is 6.54 Å². The van der Waals surface area contributed by atoms with Crippen LogP contribution in [0.15, 0.2) is 29.1 Å². The smallest absolute Gasteiger partial charge is 0.269 e. The van der Waals surface area contributed by atoms with Crippen molar-refractivity contribution < 1.29 is 9.18 Å². The van der Waals surface area contributed by atoms with Crippen LogP contribution in [0.5, 0.6) is 0 Å². The number of piperazine rings is 1. The van der Waals surface area contributed by atoms with E-state index in [0.717, 1.165) is 41.8 Å². The van der Waals surface area contributed by atoms with Gasteiger partial charge in [0, 0.05) is 39.3 Å². The average Bonchev–Trinajstić information content (AvgIpc) is 2.78. The summed E-state index contributed by atoms with van der Waals surface area (Å²) in [4.78, 5) is 39.3. The van der Waals surface area contributed by atoms with E-state index in [-0.39, 0.29) is 17.2 Å². The SMILES string of the molecule is CCNC(=O)c1ccc(N2CCN(Cc3ccc4nc(C)c(=O)[nH]c4c3C)CC2)c(F)n1. The molecule has 2 N–H and O–H groups in total. The number of rotatable bonds is 5. The number of amides is 1. The summed E-state index contributed by atoms with van der Waals surface area (Å²) in [6.45, 7) is 9.54. The number of aromatic amines is 1. The summed E-state index contributed by atoms with van der Waals surface area (Å²) in [6.07, 6.45) is 0. The monoisotopic (exact) mass is 438 g/mol. The molecular weight excluding hydrogens is 411 g/mol. The zero-order chi connectivity index (χ0) is 22.8. The number of nitrogens with one attached hydrogen (secondary N) is 2. The zero-order valence-corrected chi connectivity index (χ0v) is 18.5. The number of halogens is 1. The molecule has 1 saturated heterocycles. The maximum absolute atomic E-state index is 14.6. The first-order valence-electron chi connectivity index (χ1n) is 10.8. The first kappa shape index (κ1) is 21.9. The van der Waals surface area contributed by atoms with Crippen LogP contribution >= 0.6 is 0 Å². The van der Waals surface area contributed by atoms with Gasteiger partial charge in [-0.3, -0.25) is 14.5 Å². The number of carbonyl (C=O) groups excluding carboxylic acids is 1. The topological polar surface area (TPSA) is 94.2 Å². The van der Waals surface area contributed by atoms with Gasteiger partial charge in [0.05, 0.1) is 16.7 Å². The largest absolute Gasteiger partial charge is 0.365 e. The number of anilines is 1. The van der Waals surface area contributed by atoms with Crippen LogP contribution in [0.3, 0.4) is 0 Å². The molecule has 8 nitrogen and oxygen atoms in total. The van der Waals surface area contributed by atoms with E-state index in [9.17, 15) is 14.0 Å². The molecule has 1 aliphatic rings. The van der Waals surface area contributed by atoms with Crippen LogP contribution < -0.4 is 15.8 Å². The normalized spacial score (nSPS) is 14.7. The lowest BCUT2D eigenvalue weighted by Crippen LogP contribution is -2.46. The Kier molecular flexibility index (Phi) is 6.18. The number of nitrogens with zero attached hydrogens (tertiary/aromatic N) is 4. The number of pyridine rings is 1. The summed E-state index contributed by atoms with van der Waals surface area (Å²) in [5, 5.41) is 2.63. The fourth-order valence-corrected chi connectivity index (χ4v) is 4.03. The van der Waals surface area contributed by atoms with Gasteiger partial charge in [0.1, 0.15) is 11.4 Å². The molecule has 1 aliphatic heterocycles. The minimum absolute atomic E-state index is 0.0845. The van der Waals surface area contributed by atoms with E-state index in [1.165, 1.54) is 0 Å². The highest BCUT2D eigenvalue weighted by Crippen LogP contribution is 2.23. The van der Waals surface area contributed by atoms with Gasteiger partial charge >= 0.3 is 0 Å². The van der Waals surface area contributed by atoms with Crippen molar-refractivity contribution in [3.8, 4) is 0 Å². The van der Waals surface area contributed by atoms with Crippen molar-refractivity contribution in [2.24, 2.45) is 0 Å². The highest BCUT2D eigenvalue weighted by atomic mass is 19.1. The first-order chi connectivity index (χ1) is 15.4. The van der Waals surface area contributed by atoms with E-state index in [0.29, 0.717) is 31.0 Å². The molecule has 0 atom stereocenters. The highest BCUT2D eigenvalue weighted by molar-refractivity contribution is 5.92. The highest BCUT2D eigenvalue weighted by Gasteiger charge is 2.22. The number of hydrogen-bond donors (Lipinski definition) is 2. The number of carbonyl (C=O) groups is 1. The Bertz CT molecular complexity index is 1220. The Morgan fingerprint density at radius 3 is 2.56 bits per heavy atom. The maximum Gasteiger partial charge on any atom is 0.269 e. The quantitative estimate of drug-likeness (QED) is 0.593. The standard InChI is InChI=1S/C23H27FN6O2/c1-4-25-23(32)18-7-8-19(21(24)27-18)30-11-9-29(10-12-30)13-16-5-6-17-20(14(16)2)28-22(31)15(3)26-17/h5-8H,4,9-13H2,1-3H3,(H,25,32)(H,28,31). The van der Waals surface area contributed by atoms with Crippen molar-refractivity contribution in [3.63, 3.8) is 0 Å². The van der Waals surface area contributed by atoms with Crippen molar-refractivity contribution in [3.05, 3.63) is 63.1 Å². The van der Waals surface area contributed by atoms with E-state index in [2.05, 4.69) is 31.2 Å². The Morgan fingerprint density at radius 2 is 1.88 bits per heavy atom. The summed E-state index contributed by atoms with van der Waals surface area (Å²) in [5.74, 6) is -1.00. The van der Waals surface area contributed by atoms with Crippen LogP contribution in [0.2, 0.25) is 0 Å². The van der Waals surface area contributed by atoms with E-state index >= 15 is 0 Å². The Labute approximate surface area is 185 Å². The number of H-pyrrole nitrogens is 1. The van der Waals surface area contributed by atoms with E-state index in [1.54, 1.807) is 26.0 Å². The Morgan fingerprint density at radius 1 is 1.12 bits per heavy atom. The lowest BCUT2D eigenvalue weighted by atomic mass is 10.1. The molecule has 2 aromatic heterocycles. The number of fused-ring (bicyclic) bond motifs is 1. The van der Waals surface area contributed by atoms with Gasteiger partial charge in [-0.2, -0.15) is 4.39 Å². The van der Waals surface area contributed by atoms with Crippen LogP contribution in [0.4, 0.5) is 10.1 Å². The molecule has 3 heterocycles. The third-order valence-electron chi connectivity index (χ3n) is 5.92. The summed E-state index contributed by atoms with van der Waals surface area (Å²) in [6, 6.07) is 7.18. The third kappa shape index (κ3) is 4.34. The van der Waals surface area contributed by atoms with Crippen molar-refractivity contribution >= 4 is 22.6 Å². The molecular formula is C23H27FN6O2. The number of hydrogen-bond acceptors (Lipinski definition) is 6. The molecule has 0 radical (unpaired) electrons. The molecule has 0 unspecified atom stereocenters. The summed E-state index contributed by atoms with van der Waals surface area (Å²) in [7, 11) is 0. The molecule has 0 saturated carbocycles. The lowest BCUT2D eigenvalue weighted by Gasteiger charge is -2.36. The number of aromatic nitrogens is 3. The number of aryl methyl sites for hydroxylation is 2. The van der Waals surface area contributed by atoms with Gasteiger partial charge in [-0.1, -0.05) is 6.07 Å². The molecule has 168 valence electrons. The van der Waals surface area contributed by atoms with Crippen LogP contribution in [0, 0.1) is 19.8 Å². The molecule has 1 amide bonds.